The van der Waals surface area contributed by atoms with E-state index in [-0.39, 0.29) is 48.5 Å². The lowest BCUT2D eigenvalue weighted by Gasteiger charge is -2.26. The van der Waals surface area contributed by atoms with E-state index in [0.717, 1.165) is 0 Å². The minimum Gasteiger partial charge on any atom is -0.609 e. The Morgan fingerprint density at radius 1 is 1.46 bits per heavy atom. The molecule has 1 fully saturated rings. The first kappa shape index (κ1) is 10.5. The molecule has 0 saturated carbocycles. The Labute approximate surface area is 75.3 Å². The van der Waals surface area contributed by atoms with Gasteiger partial charge in [0.25, 0.3) is 0 Å². The van der Waals surface area contributed by atoms with Crippen molar-refractivity contribution in [1.29, 1.82) is 0 Å². The number of rotatable bonds is 4. The van der Waals surface area contributed by atoms with Crippen molar-refractivity contribution in [1.82, 2.24) is 5.53 Å². The number of nitrogens with zero attached hydrogens (tertiary/aromatic N) is 1. The largest absolute Gasteiger partial charge is 0.609 e. The van der Waals surface area contributed by atoms with Crippen LogP contribution in [0.15, 0.2) is 0 Å². The third kappa shape index (κ3) is 2.02. The molecule has 1 heterocycles. The van der Waals surface area contributed by atoms with E-state index in [0.29, 0.717) is 0 Å². The van der Waals surface area contributed by atoms with Gasteiger partial charge >= 0.3 is 5.91 Å². The fourth-order valence-corrected chi connectivity index (χ4v) is 1.44. The van der Waals surface area contributed by atoms with E-state index in [1.165, 1.54) is 0 Å². The quantitative estimate of drug-likeness (QED) is 0.270. The van der Waals surface area contributed by atoms with Crippen LogP contribution in [-0.2, 0) is 4.79 Å². The summed E-state index contributed by atoms with van der Waals surface area (Å²) >= 11 is 0. The first-order valence-electron chi connectivity index (χ1n) is 4.08. The van der Waals surface area contributed by atoms with Crippen LogP contribution in [0.2, 0.25) is 0 Å². The maximum Gasteiger partial charge on any atom is 0.394 e. The zero-order valence-electron chi connectivity index (χ0n) is 7.19. The van der Waals surface area contributed by atoms with E-state index in [9.17, 15) is 10.0 Å². The van der Waals surface area contributed by atoms with Crippen molar-refractivity contribution < 1.29 is 24.8 Å². The zero-order chi connectivity index (χ0) is 9.90. The summed E-state index contributed by atoms with van der Waals surface area (Å²) in [6.07, 6.45) is 0. The van der Waals surface area contributed by atoms with Crippen LogP contribution in [0.5, 0.6) is 0 Å². The van der Waals surface area contributed by atoms with Crippen LogP contribution in [0, 0.1) is 5.21 Å². The lowest BCUT2D eigenvalue weighted by atomic mass is 10.4. The first-order valence-corrected chi connectivity index (χ1v) is 4.08. The predicted molar refractivity (Wildman–Crippen MR) is 41.5 cm³/mol. The molecular formula is C6H14N3O4+. The molecule has 0 aromatic heterocycles. The van der Waals surface area contributed by atoms with Crippen molar-refractivity contribution in [2.45, 2.75) is 0 Å². The minimum absolute atomic E-state index is 0.116. The molecule has 0 aromatic rings. The number of aliphatic hydroxyl groups is 2. The van der Waals surface area contributed by atoms with Gasteiger partial charge in [-0.1, -0.05) is 0 Å². The third-order valence-electron chi connectivity index (χ3n) is 2.09. The lowest BCUT2D eigenvalue weighted by molar-refractivity contribution is -1.07. The average Bonchev–Trinajstić information content (AvgIpc) is 2.28. The van der Waals surface area contributed by atoms with Crippen molar-refractivity contribution >= 4 is 5.91 Å². The third-order valence-corrected chi connectivity index (χ3v) is 2.09. The SMILES string of the molecule is O=C1C[NH+]([O-])N[N+]1(CCO)CCO. The van der Waals surface area contributed by atoms with Crippen molar-refractivity contribution in [2.24, 2.45) is 0 Å². The summed E-state index contributed by atoms with van der Waals surface area (Å²) in [5, 5.41) is 28.0. The second-order valence-corrected chi connectivity index (χ2v) is 2.97. The summed E-state index contributed by atoms with van der Waals surface area (Å²) in [6.45, 7) is -0.339. The Balaban J connectivity index is 2.71. The molecule has 1 amide bonds. The Morgan fingerprint density at radius 2 is 2.00 bits per heavy atom. The van der Waals surface area contributed by atoms with Crippen LogP contribution in [0.1, 0.15) is 0 Å². The van der Waals surface area contributed by atoms with Crippen molar-refractivity contribution in [3.63, 3.8) is 0 Å². The molecule has 0 aromatic carbocycles. The minimum atomic E-state index is -0.355. The number of carbonyl (C=O) groups excluding carboxylic acids is 1. The molecule has 1 saturated heterocycles. The fraction of sp³-hybridized carbons (Fsp3) is 0.833. The van der Waals surface area contributed by atoms with Gasteiger partial charge in [0, 0.05) is 0 Å². The highest BCUT2D eigenvalue weighted by molar-refractivity contribution is 5.70. The van der Waals surface area contributed by atoms with Crippen LogP contribution in [-0.4, -0.2) is 53.6 Å². The summed E-state index contributed by atoms with van der Waals surface area (Å²) in [7, 11) is 0. The van der Waals surface area contributed by atoms with Gasteiger partial charge in [-0.05, 0) is 5.53 Å². The molecule has 1 atom stereocenters. The van der Waals surface area contributed by atoms with Gasteiger partial charge in [0.05, 0.1) is 13.2 Å². The molecule has 0 radical (unpaired) electrons. The maximum atomic E-state index is 11.4. The van der Waals surface area contributed by atoms with Crippen LogP contribution >= 0.6 is 0 Å². The van der Waals surface area contributed by atoms with Gasteiger partial charge in [-0.25, -0.2) is 9.97 Å². The van der Waals surface area contributed by atoms with Gasteiger partial charge in [-0.2, -0.15) is 0 Å². The number of carbonyl (C=O) groups is 1. The predicted octanol–water partition coefficient (Wildman–Crippen LogP) is -3.87. The molecule has 13 heavy (non-hydrogen) atoms. The first-order chi connectivity index (χ1) is 6.14. The van der Waals surface area contributed by atoms with E-state index in [4.69, 9.17) is 10.2 Å². The molecule has 0 aliphatic carbocycles. The number of hydrogen-bond donors (Lipinski definition) is 4. The van der Waals surface area contributed by atoms with Crippen LogP contribution in [0.3, 0.4) is 0 Å². The summed E-state index contributed by atoms with van der Waals surface area (Å²) in [4.78, 5) is 11.4. The van der Waals surface area contributed by atoms with E-state index in [1.54, 1.807) is 0 Å². The molecule has 4 N–H and O–H groups in total. The summed E-state index contributed by atoms with van der Waals surface area (Å²) in [5.41, 5.74) is 2.45. The molecule has 1 aliphatic rings. The van der Waals surface area contributed by atoms with Crippen molar-refractivity contribution in [2.75, 3.05) is 32.8 Å². The maximum absolute atomic E-state index is 11.4. The van der Waals surface area contributed by atoms with Crippen LogP contribution < -0.4 is 10.7 Å². The van der Waals surface area contributed by atoms with Gasteiger partial charge in [-0.3, -0.25) is 0 Å². The average molecular weight is 192 g/mol. The molecule has 1 unspecified atom stereocenters. The molecule has 0 spiro atoms. The second kappa shape index (κ2) is 4.09. The van der Waals surface area contributed by atoms with Crippen molar-refractivity contribution in [3.8, 4) is 0 Å². The summed E-state index contributed by atoms with van der Waals surface area (Å²) in [6, 6.07) is 0. The fourth-order valence-electron chi connectivity index (χ4n) is 1.44. The van der Waals surface area contributed by atoms with E-state index < -0.39 is 0 Å². The van der Waals surface area contributed by atoms with Crippen LogP contribution in [0.25, 0.3) is 0 Å². The smallest absolute Gasteiger partial charge is 0.394 e. The number of amides is 1. The topological polar surface area (TPSA) is 97.1 Å². The highest BCUT2D eigenvalue weighted by Crippen LogP contribution is 2.02. The molecule has 1 rings (SSSR count). The Hall–Kier alpha value is -0.570. The Kier molecular flexibility index (Phi) is 3.31. The summed E-state index contributed by atoms with van der Waals surface area (Å²) in [5.74, 6) is -0.298. The van der Waals surface area contributed by atoms with Gasteiger partial charge < -0.3 is 15.4 Å². The molecular weight excluding hydrogens is 178 g/mol. The number of hydrogen-bond acceptors (Lipinski definition) is 5. The van der Waals surface area contributed by atoms with E-state index >= 15 is 0 Å². The van der Waals surface area contributed by atoms with E-state index in [2.05, 4.69) is 5.53 Å². The number of nitrogens with one attached hydrogen (secondary N) is 2. The molecule has 1 aliphatic heterocycles. The number of quaternary nitrogens is 2. The lowest BCUT2D eigenvalue weighted by Crippen LogP contribution is -3.13. The highest BCUT2D eigenvalue weighted by Gasteiger charge is 2.46. The van der Waals surface area contributed by atoms with Gasteiger partial charge in [0.15, 0.2) is 0 Å². The van der Waals surface area contributed by atoms with Gasteiger partial charge in [0.1, 0.15) is 13.1 Å². The van der Waals surface area contributed by atoms with Gasteiger partial charge in [0.2, 0.25) is 6.54 Å². The zero-order valence-corrected chi connectivity index (χ0v) is 7.19. The number of aliphatic hydroxyl groups excluding tert-OH is 2. The molecule has 7 nitrogen and oxygen atoms in total. The number of hydroxylamine groups is 1. The van der Waals surface area contributed by atoms with Crippen LogP contribution in [0.4, 0.5) is 0 Å². The second-order valence-electron chi connectivity index (χ2n) is 2.97. The Morgan fingerprint density at radius 3 is 2.31 bits per heavy atom. The van der Waals surface area contributed by atoms with Crippen molar-refractivity contribution in [3.05, 3.63) is 5.21 Å². The molecule has 76 valence electrons. The monoisotopic (exact) mass is 192 g/mol. The Bertz CT molecular complexity index is 192. The van der Waals surface area contributed by atoms with E-state index in [1.807, 2.05) is 0 Å². The van der Waals surface area contributed by atoms with Gasteiger partial charge in [-0.15, -0.1) is 4.59 Å². The standard InChI is InChI=1S/C6H14N3O4/c10-3-1-9(2-4-11)6(12)5-8(13)7-9/h7-8,10-11H,1-5H2/q+1. The molecule has 0 bridgehead atoms. The molecule has 7 heteroatoms. The highest BCUT2D eigenvalue weighted by atomic mass is 16.6. The summed E-state index contributed by atoms with van der Waals surface area (Å²) < 4.78 is -0.328. The normalized spacial score (nSPS) is 26.7.